The number of aryl methyl sites for hydroxylation is 1. The third-order valence-electron chi connectivity index (χ3n) is 4.96. The van der Waals surface area contributed by atoms with E-state index in [1.807, 2.05) is 13.0 Å². The molecule has 2 atom stereocenters. The molecule has 2 aliphatic heterocycles. The summed E-state index contributed by atoms with van der Waals surface area (Å²) in [6, 6.07) is 6.39. The van der Waals surface area contributed by atoms with E-state index in [1.54, 1.807) is 0 Å². The molecule has 23 heavy (non-hydrogen) atoms. The quantitative estimate of drug-likeness (QED) is 0.893. The molecule has 122 valence electrons. The average Bonchev–Trinajstić information content (AvgIpc) is 3.17. The standard InChI is InChI=1S/C15H19N5O2S/c1-10-6-11(2-3-13(10)15-16-18-19-17-15)7-20-5-4-12-8-23(21,22)9-14(12)20/h2-3,6,12,14H,4-5,7-9H2,1H3,(H,16,17,18,19)/t12-,14+/m1/s1. The lowest BCUT2D eigenvalue weighted by molar-refractivity contribution is 0.249. The molecule has 2 aromatic rings. The number of nitrogens with zero attached hydrogens (tertiary/aromatic N) is 4. The highest BCUT2D eigenvalue weighted by atomic mass is 32.2. The summed E-state index contributed by atoms with van der Waals surface area (Å²) in [6.07, 6.45) is 0.990. The van der Waals surface area contributed by atoms with Gasteiger partial charge in [0.1, 0.15) is 0 Å². The second-order valence-corrected chi connectivity index (χ2v) is 8.70. The van der Waals surface area contributed by atoms with Crippen LogP contribution in [0.15, 0.2) is 18.2 Å². The Morgan fingerprint density at radius 3 is 2.96 bits per heavy atom. The lowest BCUT2D eigenvalue weighted by atomic mass is 10.0. The fourth-order valence-corrected chi connectivity index (χ4v) is 6.04. The lowest BCUT2D eigenvalue weighted by Crippen LogP contribution is -2.32. The van der Waals surface area contributed by atoms with Crippen LogP contribution in [0.1, 0.15) is 17.5 Å². The van der Waals surface area contributed by atoms with Gasteiger partial charge in [0.15, 0.2) is 9.84 Å². The van der Waals surface area contributed by atoms with Crippen molar-refractivity contribution < 1.29 is 8.42 Å². The molecule has 0 saturated carbocycles. The minimum absolute atomic E-state index is 0.192. The normalized spacial score (nSPS) is 26.5. The number of H-pyrrole nitrogens is 1. The van der Waals surface area contributed by atoms with Crippen LogP contribution in [0.3, 0.4) is 0 Å². The molecular weight excluding hydrogens is 314 g/mol. The maximum absolute atomic E-state index is 11.8. The van der Waals surface area contributed by atoms with Crippen molar-refractivity contribution in [3.63, 3.8) is 0 Å². The SMILES string of the molecule is Cc1cc(CN2CC[C@@H]3CS(=O)(=O)C[C@@H]32)ccc1-c1nn[nH]n1. The van der Waals surface area contributed by atoms with Crippen molar-refractivity contribution >= 4 is 9.84 Å². The van der Waals surface area contributed by atoms with E-state index in [0.717, 1.165) is 30.6 Å². The summed E-state index contributed by atoms with van der Waals surface area (Å²) in [4.78, 5) is 2.32. The van der Waals surface area contributed by atoms with Gasteiger partial charge in [0.2, 0.25) is 5.82 Å². The molecule has 2 fully saturated rings. The summed E-state index contributed by atoms with van der Waals surface area (Å²) in [7, 11) is -2.84. The Morgan fingerprint density at radius 2 is 2.22 bits per heavy atom. The Bertz CT molecular complexity index is 818. The van der Waals surface area contributed by atoms with Gasteiger partial charge in [0.25, 0.3) is 0 Å². The van der Waals surface area contributed by atoms with Crippen LogP contribution in [0.5, 0.6) is 0 Å². The number of hydrogen-bond acceptors (Lipinski definition) is 6. The monoisotopic (exact) mass is 333 g/mol. The summed E-state index contributed by atoms with van der Waals surface area (Å²) in [5, 5.41) is 14.1. The molecular formula is C15H19N5O2S. The number of aromatic nitrogens is 4. The number of tetrazole rings is 1. The van der Waals surface area contributed by atoms with E-state index in [4.69, 9.17) is 0 Å². The number of nitrogens with one attached hydrogen (secondary N) is 1. The molecule has 7 nitrogen and oxygen atoms in total. The first-order chi connectivity index (χ1) is 11.0. The van der Waals surface area contributed by atoms with Gasteiger partial charge in [-0.2, -0.15) is 5.21 Å². The fourth-order valence-electron chi connectivity index (χ4n) is 3.86. The number of sulfone groups is 1. The first-order valence-electron chi connectivity index (χ1n) is 7.80. The van der Waals surface area contributed by atoms with Gasteiger partial charge in [0, 0.05) is 18.2 Å². The number of hydrogen-bond donors (Lipinski definition) is 1. The van der Waals surface area contributed by atoms with E-state index in [9.17, 15) is 8.42 Å². The first-order valence-corrected chi connectivity index (χ1v) is 9.62. The van der Waals surface area contributed by atoms with Gasteiger partial charge in [-0.05, 0) is 42.1 Å². The zero-order chi connectivity index (χ0) is 16.0. The molecule has 3 heterocycles. The molecule has 0 bridgehead atoms. The predicted octanol–water partition coefficient (Wildman–Crippen LogP) is 0.794. The first kappa shape index (κ1) is 14.8. The molecule has 8 heteroatoms. The van der Waals surface area contributed by atoms with Crippen molar-refractivity contribution in [3.8, 4) is 11.4 Å². The van der Waals surface area contributed by atoms with Crippen LogP contribution < -0.4 is 0 Å². The molecule has 0 spiro atoms. The van der Waals surface area contributed by atoms with Crippen LogP contribution in [0.4, 0.5) is 0 Å². The zero-order valence-electron chi connectivity index (χ0n) is 12.9. The van der Waals surface area contributed by atoms with Gasteiger partial charge < -0.3 is 0 Å². The van der Waals surface area contributed by atoms with Gasteiger partial charge in [-0.3, -0.25) is 4.90 Å². The fraction of sp³-hybridized carbons (Fsp3) is 0.533. The molecule has 0 radical (unpaired) electrons. The van der Waals surface area contributed by atoms with Crippen molar-refractivity contribution in [3.05, 3.63) is 29.3 Å². The van der Waals surface area contributed by atoms with Crippen LogP contribution in [0.2, 0.25) is 0 Å². The molecule has 1 N–H and O–H groups in total. The van der Waals surface area contributed by atoms with E-state index in [-0.39, 0.29) is 6.04 Å². The second-order valence-electron chi connectivity index (χ2n) is 6.55. The molecule has 0 unspecified atom stereocenters. The van der Waals surface area contributed by atoms with Gasteiger partial charge in [-0.15, -0.1) is 10.2 Å². The van der Waals surface area contributed by atoms with Crippen molar-refractivity contribution in [2.75, 3.05) is 18.1 Å². The maximum Gasteiger partial charge on any atom is 0.204 e. The highest BCUT2D eigenvalue weighted by molar-refractivity contribution is 7.91. The average molecular weight is 333 g/mol. The predicted molar refractivity (Wildman–Crippen MR) is 85.3 cm³/mol. The lowest BCUT2D eigenvalue weighted by Gasteiger charge is -2.23. The minimum Gasteiger partial charge on any atom is -0.295 e. The summed E-state index contributed by atoms with van der Waals surface area (Å²) < 4.78 is 23.6. The van der Waals surface area contributed by atoms with E-state index >= 15 is 0 Å². The molecule has 0 aliphatic carbocycles. The summed E-state index contributed by atoms with van der Waals surface area (Å²) in [5.41, 5.74) is 3.25. The summed E-state index contributed by atoms with van der Waals surface area (Å²) in [5.74, 6) is 1.60. The number of aromatic amines is 1. The smallest absolute Gasteiger partial charge is 0.204 e. The van der Waals surface area contributed by atoms with E-state index in [0.29, 0.717) is 23.2 Å². The second kappa shape index (κ2) is 5.38. The van der Waals surface area contributed by atoms with Crippen molar-refractivity contribution in [2.45, 2.75) is 25.9 Å². The zero-order valence-corrected chi connectivity index (χ0v) is 13.8. The van der Waals surface area contributed by atoms with Crippen LogP contribution >= 0.6 is 0 Å². The van der Waals surface area contributed by atoms with Crippen molar-refractivity contribution in [1.82, 2.24) is 25.5 Å². The summed E-state index contributed by atoms with van der Waals surface area (Å²) in [6.45, 7) is 3.81. The Labute approximate surface area is 135 Å². The number of likely N-dealkylation sites (tertiary alicyclic amines) is 1. The van der Waals surface area contributed by atoms with Crippen molar-refractivity contribution in [1.29, 1.82) is 0 Å². The van der Waals surface area contributed by atoms with Crippen LogP contribution in [0, 0.1) is 12.8 Å². The van der Waals surface area contributed by atoms with Crippen LogP contribution in [0.25, 0.3) is 11.4 Å². The Hall–Kier alpha value is -1.80. The number of fused-ring (bicyclic) bond motifs is 1. The summed E-state index contributed by atoms with van der Waals surface area (Å²) >= 11 is 0. The Kier molecular flexibility index (Phi) is 3.46. The van der Waals surface area contributed by atoms with E-state index < -0.39 is 9.84 Å². The van der Waals surface area contributed by atoms with E-state index in [2.05, 4.69) is 37.7 Å². The Balaban J connectivity index is 1.53. The largest absolute Gasteiger partial charge is 0.295 e. The Morgan fingerprint density at radius 1 is 1.35 bits per heavy atom. The highest BCUT2D eigenvalue weighted by Crippen LogP contribution is 2.34. The third kappa shape index (κ3) is 2.76. The number of rotatable bonds is 3. The molecule has 2 saturated heterocycles. The molecule has 4 rings (SSSR count). The maximum atomic E-state index is 11.8. The third-order valence-corrected chi connectivity index (χ3v) is 6.74. The molecule has 1 aromatic carbocycles. The van der Waals surface area contributed by atoms with Gasteiger partial charge in [-0.1, -0.05) is 18.2 Å². The van der Waals surface area contributed by atoms with Gasteiger partial charge >= 0.3 is 0 Å². The van der Waals surface area contributed by atoms with Crippen LogP contribution in [-0.2, 0) is 16.4 Å². The van der Waals surface area contributed by atoms with Crippen molar-refractivity contribution in [2.24, 2.45) is 5.92 Å². The molecule has 0 amide bonds. The molecule has 1 aromatic heterocycles. The van der Waals surface area contributed by atoms with Crippen LogP contribution in [-0.4, -0.2) is 58.0 Å². The minimum atomic E-state index is -2.84. The highest BCUT2D eigenvalue weighted by Gasteiger charge is 2.44. The van der Waals surface area contributed by atoms with E-state index in [1.165, 1.54) is 5.56 Å². The number of benzene rings is 1. The topological polar surface area (TPSA) is 91.8 Å². The molecule has 2 aliphatic rings. The van der Waals surface area contributed by atoms with Gasteiger partial charge in [0.05, 0.1) is 11.5 Å². The van der Waals surface area contributed by atoms with Gasteiger partial charge in [-0.25, -0.2) is 8.42 Å².